The molecule has 1 heterocycles. The molecule has 108 valence electrons. The predicted octanol–water partition coefficient (Wildman–Crippen LogP) is 2.48. The van der Waals surface area contributed by atoms with Gasteiger partial charge in [0.25, 0.3) is 0 Å². The fourth-order valence-electron chi connectivity index (χ4n) is 2.77. The summed E-state index contributed by atoms with van der Waals surface area (Å²) in [7, 11) is 1.66. The minimum Gasteiger partial charge on any atom is -0.493 e. The molecule has 0 radical (unpaired) electrons. The number of hydrogen-bond acceptors (Lipinski definition) is 3. The average molecular weight is 275 g/mol. The van der Waals surface area contributed by atoms with Crippen molar-refractivity contribution in [1.29, 1.82) is 0 Å². The minimum atomic E-state index is 0.128. The fourth-order valence-corrected chi connectivity index (χ4v) is 2.77. The Morgan fingerprint density at radius 3 is 2.75 bits per heavy atom. The van der Waals surface area contributed by atoms with E-state index in [4.69, 9.17) is 9.47 Å². The number of methoxy groups -OCH3 is 1. The molecule has 1 N–H and O–H groups in total. The van der Waals surface area contributed by atoms with Crippen molar-refractivity contribution in [2.75, 3.05) is 20.3 Å². The number of ether oxygens (including phenoxy) is 2. The monoisotopic (exact) mass is 275 g/mol. The minimum absolute atomic E-state index is 0.128. The molecule has 0 bridgehead atoms. The van der Waals surface area contributed by atoms with E-state index in [-0.39, 0.29) is 11.8 Å². The molecule has 1 aromatic rings. The first-order chi connectivity index (χ1) is 9.76. The van der Waals surface area contributed by atoms with Gasteiger partial charge in [0.05, 0.1) is 13.7 Å². The third-order valence-corrected chi connectivity index (χ3v) is 4.34. The summed E-state index contributed by atoms with van der Waals surface area (Å²) in [6, 6.07) is 6.00. The molecule has 4 heteroatoms. The first-order valence-corrected chi connectivity index (χ1v) is 7.33. The number of nitrogens with one attached hydrogen (secondary N) is 1. The van der Waals surface area contributed by atoms with Gasteiger partial charge in [-0.3, -0.25) is 4.79 Å². The first kappa shape index (κ1) is 13.3. The van der Waals surface area contributed by atoms with Crippen LogP contribution < -0.4 is 14.8 Å². The third kappa shape index (κ3) is 2.74. The maximum absolute atomic E-state index is 11.3. The summed E-state index contributed by atoms with van der Waals surface area (Å²) in [5.41, 5.74) is 1.15. The van der Waals surface area contributed by atoms with Gasteiger partial charge in [0, 0.05) is 18.9 Å². The molecule has 1 aliphatic heterocycles. The Morgan fingerprint density at radius 1 is 1.30 bits per heavy atom. The maximum Gasteiger partial charge on any atom is 0.220 e. The van der Waals surface area contributed by atoms with Crippen LogP contribution in [-0.2, 0) is 4.79 Å². The number of carbonyl (C=O) groups excluding carboxylic acids is 1. The molecule has 1 amide bonds. The van der Waals surface area contributed by atoms with Crippen molar-refractivity contribution in [3.8, 4) is 11.5 Å². The summed E-state index contributed by atoms with van der Waals surface area (Å²) in [5, 5.41) is 2.87. The third-order valence-electron chi connectivity index (χ3n) is 4.34. The van der Waals surface area contributed by atoms with Gasteiger partial charge >= 0.3 is 0 Å². The molecule has 0 spiro atoms. The smallest absolute Gasteiger partial charge is 0.220 e. The lowest BCUT2D eigenvalue weighted by atomic mass is 9.86. The zero-order valence-corrected chi connectivity index (χ0v) is 11.9. The van der Waals surface area contributed by atoms with E-state index in [1.807, 2.05) is 18.2 Å². The Bertz CT molecular complexity index is 496. The number of hydrogen-bond donors (Lipinski definition) is 1. The van der Waals surface area contributed by atoms with Gasteiger partial charge in [-0.25, -0.2) is 0 Å². The van der Waals surface area contributed by atoms with Gasteiger partial charge in [-0.2, -0.15) is 0 Å². The van der Waals surface area contributed by atoms with Crippen LogP contribution in [0.15, 0.2) is 18.2 Å². The van der Waals surface area contributed by atoms with Crippen molar-refractivity contribution in [1.82, 2.24) is 5.32 Å². The Labute approximate surface area is 119 Å². The molecule has 1 aliphatic carbocycles. The number of amides is 1. The highest BCUT2D eigenvalue weighted by Gasteiger charge is 2.24. The van der Waals surface area contributed by atoms with Gasteiger partial charge in [-0.15, -0.1) is 0 Å². The van der Waals surface area contributed by atoms with Gasteiger partial charge in [0.1, 0.15) is 0 Å². The van der Waals surface area contributed by atoms with Gasteiger partial charge in [-0.1, -0.05) is 12.5 Å². The van der Waals surface area contributed by atoms with E-state index < -0.39 is 0 Å². The van der Waals surface area contributed by atoms with E-state index in [1.54, 1.807) is 7.11 Å². The van der Waals surface area contributed by atoms with Crippen molar-refractivity contribution in [3.05, 3.63) is 23.8 Å². The Morgan fingerprint density at radius 2 is 2.15 bits per heavy atom. The summed E-state index contributed by atoms with van der Waals surface area (Å²) in [5.74, 6) is 2.64. The second kappa shape index (κ2) is 5.73. The van der Waals surface area contributed by atoms with E-state index in [9.17, 15) is 4.79 Å². The number of carbonyl (C=O) groups is 1. The number of rotatable bonds is 5. The highest BCUT2D eigenvalue weighted by atomic mass is 16.5. The van der Waals surface area contributed by atoms with Crippen LogP contribution in [0.4, 0.5) is 0 Å². The molecular formula is C16H21NO3. The SMILES string of the molecule is COc1ccc(C2CNC(=O)C2)cc1OCC1CCC1. The van der Waals surface area contributed by atoms with Crippen molar-refractivity contribution < 1.29 is 14.3 Å². The number of benzene rings is 1. The summed E-state index contributed by atoms with van der Waals surface area (Å²) in [6.45, 7) is 1.48. The van der Waals surface area contributed by atoms with Gasteiger partial charge in [0.2, 0.25) is 5.91 Å². The maximum atomic E-state index is 11.3. The molecule has 2 fully saturated rings. The van der Waals surface area contributed by atoms with Gasteiger partial charge in [0.15, 0.2) is 11.5 Å². The van der Waals surface area contributed by atoms with Crippen molar-refractivity contribution in [2.45, 2.75) is 31.6 Å². The summed E-state index contributed by atoms with van der Waals surface area (Å²) in [4.78, 5) is 11.3. The summed E-state index contributed by atoms with van der Waals surface area (Å²) in [6.07, 6.45) is 4.42. The van der Waals surface area contributed by atoms with Crippen LogP contribution >= 0.6 is 0 Å². The van der Waals surface area contributed by atoms with Crippen LogP contribution in [0.5, 0.6) is 11.5 Å². The standard InChI is InChI=1S/C16H21NO3/c1-19-14-6-5-12(13-8-16(18)17-9-13)7-15(14)20-10-11-3-2-4-11/h5-7,11,13H,2-4,8-10H2,1H3,(H,17,18). The molecule has 1 unspecified atom stereocenters. The highest BCUT2D eigenvalue weighted by molar-refractivity contribution is 5.79. The topological polar surface area (TPSA) is 47.6 Å². The van der Waals surface area contributed by atoms with Crippen LogP contribution in [0.1, 0.15) is 37.2 Å². The van der Waals surface area contributed by atoms with Crippen LogP contribution in [0.3, 0.4) is 0 Å². The lowest BCUT2D eigenvalue weighted by Gasteiger charge is -2.25. The van der Waals surface area contributed by atoms with Crippen molar-refractivity contribution in [2.24, 2.45) is 5.92 Å². The molecule has 4 nitrogen and oxygen atoms in total. The largest absolute Gasteiger partial charge is 0.493 e. The molecule has 1 saturated carbocycles. The van der Waals surface area contributed by atoms with E-state index in [0.29, 0.717) is 18.9 Å². The molecule has 2 aliphatic rings. The zero-order chi connectivity index (χ0) is 13.9. The summed E-state index contributed by atoms with van der Waals surface area (Å²) >= 11 is 0. The highest BCUT2D eigenvalue weighted by Crippen LogP contribution is 2.34. The zero-order valence-electron chi connectivity index (χ0n) is 11.9. The second-order valence-electron chi connectivity index (χ2n) is 5.72. The Hall–Kier alpha value is -1.71. The lowest BCUT2D eigenvalue weighted by molar-refractivity contribution is -0.119. The van der Waals surface area contributed by atoms with E-state index in [2.05, 4.69) is 5.32 Å². The lowest BCUT2D eigenvalue weighted by Crippen LogP contribution is -2.19. The van der Waals surface area contributed by atoms with Crippen LogP contribution in [0.2, 0.25) is 0 Å². The first-order valence-electron chi connectivity index (χ1n) is 7.33. The predicted molar refractivity (Wildman–Crippen MR) is 76.2 cm³/mol. The van der Waals surface area contributed by atoms with Crippen molar-refractivity contribution >= 4 is 5.91 Å². The molecule has 0 aromatic heterocycles. The fraction of sp³-hybridized carbons (Fsp3) is 0.562. The Kier molecular flexibility index (Phi) is 3.81. The Balaban J connectivity index is 1.73. The quantitative estimate of drug-likeness (QED) is 0.898. The molecule has 3 rings (SSSR count). The van der Waals surface area contributed by atoms with E-state index in [1.165, 1.54) is 19.3 Å². The van der Waals surface area contributed by atoms with E-state index >= 15 is 0 Å². The van der Waals surface area contributed by atoms with Gasteiger partial charge < -0.3 is 14.8 Å². The van der Waals surface area contributed by atoms with Crippen LogP contribution in [-0.4, -0.2) is 26.2 Å². The van der Waals surface area contributed by atoms with Crippen LogP contribution in [0.25, 0.3) is 0 Å². The molecule has 1 aromatic carbocycles. The van der Waals surface area contributed by atoms with Crippen molar-refractivity contribution in [3.63, 3.8) is 0 Å². The normalized spacial score (nSPS) is 22.2. The second-order valence-corrected chi connectivity index (χ2v) is 5.72. The molecular weight excluding hydrogens is 254 g/mol. The summed E-state index contributed by atoms with van der Waals surface area (Å²) < 4.78 is 11.3. The molecule has 1 saturated heterocycles. The van der Waals surface area contributed by atoms with Crippen LogP contribution in [0, 0.1) is 5.92 Å². The van der Waals surface area contributed by atoms with Gasteiger partial charge in [-0.05, 0) is 36.5 Å². The average Bonchev–Trinajstić information content (AvgIpc) is 2.83. The van der Waals surface area contributed by atoms with E-state index in [0.717, 1.165) is 23.7 Å². The molecule has 20 heavy (non-hydrogen) atoms. The molecule has 1 atom stereocenters.